The number of ether oxygens (including phenoxy) is 1. The minimum atomic E-state index is -1.37. The van der Waals surface area contributed by atoms with Gasteiger partial charge in [0.15, 0.2) is 0 Å². The molecule has 2 amide bonds. The van der Waals surface area contributed by atoms with E-state index in [-0.39, 0.29) is 0 Å². The Morgan fingerprint density at radius 2 is 1.79 bits per heavy atom. The van der Waals surface area contributed by atoms with E-state index in [0.29, 0.717) is 5.75 Å². The van der Waals surface area contributed by atoms with Crippen molar-refractivity contribution in [3.05, 3.63) is 30.3 Å². The van der Waals surface area contributed by atoms with Gasteiger partial charge in [0.25, 0.3) is 0 Å². The van der Waals surface area contributed by atoms with Crippen LogP contribution < -0.4 is 15.6 Å². The summed E-state index contributed by atoms with van der Waals surface area (Å²) in [6.45, 7) is 0. The van der Waals surface area contributed by atoms with E-state index >= 15 is 0 Å². The van der Waals surface area contributed by atoms with Crippen LogP contribution in [-0.4, -0.2) is 17.3 Å². The van der Waals surface area contributed by atoms with Gasteiger partial charge in [0.05, 0.1) is 0 Å². The van der Waals surface area contributed by atoms with Crippen molar-refractivity contribution in [2.75, 3.05) is 0 Å². The molecule has 0 bridgehead atoms. The van der Waals surface area contributed by atoms with E-state index in [1.54, 1.807) is 35.8 Å². The molecular formula is C8H8N2O4. The van der Waals surface area contributed by atoms with Gasteiger partial charge in [-0.2, -0.15) is 0 Å². The number of benzene rings is 1. The molecule has 0 spiro atoms. The van der Waals surface area contributed by atoms with Gasteiger partial charge < -0.3 is 9.84 Å². The Balaban J connectivity index is 2.38. The van der Waals surface area contributed by atoms with Gasteiger partial charge in [0.2, 0.25) is 0 Å². The van der Waals surface area contributed by atoms with Crippen molar-refractivity contribution in [2.45, 2.75) is 0 Å². The third-order valence-electron chi connectivity index (χ3n) is 1.23. The fraction of sp³-hybridized carbons (Fsp3) is 0. The topological polar surface area (TPSA) is 87.7 Å². The standard InChI is InChI=1S/C8H8N2O4/c11-7(12)9-10-8(13)14-6-4-2-1-3-5-6/h1-5,9H,(H,10,13)(H,11,12). The second kappa shape index (κ2) is 4.70. The second-order valence-electron chi connectivity index (χ2n) is 2.26. The van der Waals surface area contributed by atoms with Gasteiger partial charge in [-0.15, -0.1) is 0 Å². The summed E-state index contributed by atoms with van der Waals surface area (Å²) in [5.41, 5.74) is 3.48. The highest BCUT2D eigenvalue weighted by Crippen LogP contribution is 2.07. The van der Waals surface area contributed by atoms with Gasteiger partial charge in [-0.05, 0) is 12.1 Å². The molecule has 14 heavy (non-hydrogen) atoms. The summed E-state index contributed by atoms with van der Waals surface area (Å²) < 4.78 is 4.69. The molecule has 1 aromatic rings. The molecule has 1 aromatic carbocycles. The average molecular weight is 196 g/mol. The lowest BCUT2D eigenvalue weighted by molar-refractivity contribution is 0.175. The molecule has 0 aliphatic rings. The van der Waals surface area contributed by atoms with Crippen molar-refractivity contribution < 1.29 is 19.4 Å². The Kier molecular flexibility index (Phi) is 3.31. The second-order valence-corrected chi connectivity index (χ2v) is 2.26. The third kappa shape index (κ3) is 3.44. The number of rotatable bonds is 1. The van der Waals surface area contributed by atoms with Crippen LogP contribution in [0.1, 0.15) is 0 Å². The quantitative estimate of drug-likeness (QED) is 0.583. The third-order valence-corrected chi connectivity index (χ3v) is 1.23. The Morgan fingerprint density at radius 1 is 1.14 bits per heavy atom. The maximum absolute atomic E-state index is 10.9. The lowest BCUT2D eigenvalue weighted by atomic mass is 10.3. The fourth-order valence-electron chi connectivity index (χ4n) is 0.726. The zero-order valence-corrected chi connectivity index (χ0v) is 7.06. The van der Waals surface area contributed by atoms with Gasteiger partial charge in [-0.3, -0.25) is 0 Å². The van der Waals surface area contributed by atoms with Gasteiger partial charge >= 0.3 is 12.2 Å². The first-order valence-corrected chi connectivity index (χ1v) is 3.70. The summed E-state index contributed by atoms with van der Waals surface area (Å²) in [7, 11) is 0. The van der Waals surface area contributed by atoms with E-state index < -0.39 is 12.2 Å². The van der Waals surface area contributed by atoms with Crippen LogP contribution in [0.25, 0.3) is 0 Å². The number of nitrogens with one attached hydrogen (secondary N) is 2. The minimum absolute atomic E-state index is 0.331. The lowest BCUT2D eigenvalue weighted by Crippen LogP contribution is -2.42. The molecule has 6 heteroatoms. The molecule has 0 saturated heterocycles. The van der Waals surface area contributed by atoms with E-state index in [2.05, 4.69) is 4.74 Å². The summed E-state index contributed by atoms with van der Waals surface area (Å²) in [6, 6.07) is 8.28. The predicted molar refractivity (Wildman–Crippen MR) is 46.8 cm³/mol. The lowest BCUT2D eigenvalue weighted by Gasteiger charge is -2.04. The molecule has 0 heterocycles. The molecule has 0 aromatic heterocycles. The first kappa shape index (κ1) is 9.85. The van der Waals surface area contributed by atoms with Crippen LogP contribution in [0.5, 0.6) is 5.75 Å². The van der Waals surface area contributed by atoms with Crippen LogP contribution in [0.3, 0.4) is 0 Å². The van der Waals surface area contributed by atoms with E-state index in [0.717, 1.165) is 0 Å². The average Bonchev–Trinajstić information content (AvgIpc) is 2.16. The molecule has 6 nitrogen and oxygen atoms in total. The highest BCUT2D eigenvalue weighted by atomic mass is 16.6. The molecule has 0 unspecified atom stereocenters. The van der Waals surface area contributed by atoms with Crippen molar-refractivity contribution in [2.24, 2.45) is 0 Å². The number of hydrogen-bond donors (Lipinski definition) is 3. The van der Waals surface area contributed by atoms with Gasteiger partial charge in [-0.1, -0.05) is 18.2 Å². The highest BCUT2D eigenvalue weighted by molar-refractivity contribution is 5.74. The zero-order chi connectivity index (χ0) is 10.4. The molecule has 74 valence electrons. The number of para-hydroxylation sites is 1. The van der Waals surface area contributed by atoms with E-state index in [1.807, 2.05) is 5.43 Å². The Hall–Kier alpha value is -2.24. The molecule has 1 rings (SSSR count). The van der Waals surface area contributed by atoms with Crippen molar-refractivity contribution in [3.63, 3.8) is 0 Å². The number of carbonyl (C=O) groups is 2. The van der Waals surface area contributed by atoms with Gasteiger partial charge in [-0.25, -0.2) is 20.4 Å². The summed E-state index contributed by atoms with van der Waals surface area (Å²) >= 11 is 0. The molecule has 0 saturated carbocycles. The predicted octanol–water partition coefficient (Wildman–Crippen LogP) is 0.958. The van der Waals surface area contributed by atoms with E-state index in [9.17, 15) is 9.59 Å². The van der Waals surface area contributed by atoms with E-state index in [1.165, 1.54) is 0 Å². The number of amides is 2. The molecular weight excluding hydrogens is 188 g/mol. The van der Waals surface area contributed by atoms with Crippen LogP contribution in [0, 0.1) is 0 Å². The zero-order valence-electron chi connectivity index (χ0n) is 7.06. The molecule has 0 aliphatic carbocycles. The van der Waals surface area contributed by atoms with Crippen molar-refractivity contribution in [3.8, 4) is 5.75 Å². The summed E-state index contributed by atoms with van der Waals surface area (Å²) in [6.07, 6.45) is -2.26. The minimum Gasteiger partial charge on any atom is -0.464 e. The summed E-state index contributed by atoms with van der Waals surface area (Å²) in [5.74, 6) is 0.331. The Bertz CT molecular complexity index is 325. The number of hydrogen-bond acceptors (Lipinski definition) is 3. The largest absolute Gasteiger partial charge is 0.464 e. The summed E-state index contributed by atoms with van der Waals surface area (Å²) in [5, 5.41) is 8.15. The molecule has 0 atom stereocenters. The SMILES string of the molecule is O=C(O)NNC(=O)Oc1ccccc1. The van der Waals surface area contributed by atoms with Crippen LogP contribution in [0.15, 0.2) is 30.3 Å². The molecule has 0 aliphatic heterocycles. The molecule has 0 fully saturated rings. The van der Waals surface area contributed by atoms with Crippen molar-refractivity contribution >= 4 is 12.2 Å². The van der Waals surface area contributed by atoms with Gasteiger partial charge in [0, 0.05) is 0 Å². The van der Waals surface area contributed by atoms with Crippen molar-refractivity contribution in [1.82, 2.24) is 10.9 Å². The van der Waals surface area contributed by atoms with Gasteiger partial charge in [0.1, 0.15) is 5.75 Å². The maximum Gasteiger partial charge on any atom is 0.431 e. The number of hydrazine groups is 1. The number of carbonyl (C=O) groups excluding carboxylic acids is 1. The maximum atomic E-state index is 10.9. The Labute approximate surface area is 79.5 Å². The van der Waals surface area contributed by atoms with E-state index in [4.69, 9.17) is 5.11 Å². The van der Waals surface area contributed by atoms with Crippen molar-refractivity contribution in [1.29, 1.82) is 0 Å². The van der Waals surface area contributed by atoms with Crippen LogP contribution in [-0.2, 0) is 0 Å². The Morgan fingerprint density at radius 3 is 2.36 bits per heavy atom. The number of carboxylic acid groups (broad SMARTS) is 1. The summed E-state index contributed by atoms with van der Waals surface area (Å²) in [4.78, 5) is 20.8. The van der Waals surface area contributed by atoms with Crippen LogP contribution in [0.4, 0.5) is 9.59 Å². The monoisotopic (exact) mass is 196 g/mol. The normalized spacial score (nSPS) is 8.86. The molecule has 3 N–H and O–H groups in total. The van der Waals surface area contributed by atoms with Crippen LogP contribution >= 0.6 is 0 Å². The first-order chi connectivity index (χ1) is 6.68. The van der Waals surface area contributed by atoms with Crippen LogP contribution in [0.2, 0.25) is 0 Å². The molecule has 0 radical (unpaired) electrons. The highest BCUT2D eigenvalue weighted by Gasteiger charge is 2.03. The first-order valence-electron chi connectivity index (χ1n) is 3.70. The fourth-order valence-corrected chi connectivity index (χ4v) is 0.726. The smallest absolute Gasteiger partial charge is 0.431 e.